The summed E-state index contributed by atoms with van der Waals surface area (Å²) in [6.45, 7) is 0. The average Bonchev–Trinajstić information content (AvgIpc) is 3.61. The SMILES string of the molecule is c1ccc(-c2nc(-c3ccccc3)nc(-c3ccccc3-c3ccccc3-n3c4ccccc4c4c5c6ccccc6c6ccccc6c5ccc43)n2)cc1. The van der Waals surface area contributed by atoms with Gasteiger partial charge in [-0.1, -0.05) is 176 Å². The first kappa shape index (κ1) is 31.1. The summed E-state index contributed by atoms with van der Waals surface area (Å²) in [7, 11) is 0. The zero-order valence-electron chi connectivity index (χ0n) is 29.8. The van der Waals surface area contributed by atoms with Crippen LogP contribution in [0.4, 0.5) is 0 Å². The lowest BCUT2D eigenvalue weighted by Crippen LogP contribution is -2.02. The summed E-state index contributed by atoms with van der Waals surface area (Å²) in [6, 6.07) is 68.6. The summed E-state index contributed by atoms with van der Waals surface area (Å²) in [5.41, 5.74) is 8.37. The molecule has 0 spiro atoms. The van der Waals surface area contributed by atoms with Gasteiger partial charge in [-0.15, -0.1) is 0 Å². The van der Waals surface area contributed by atoms with Crippen LogP contribution in [0.5, 0.6) is 0 Å². The topological polar surface area (TPSA) is 43.6 Å². The molecule has 0 aliphatic heterocycles. The maximum absolute atomic E-state index is 5.14. The molecule has 2 aromatic heterocycles. The fraction of sp³-hybridized carbons (Fsp3) is 0. The van der Waals surface area contributed by atoms with Crippen LogP contribution < -0.4 is 0 Å². The first-order chi connectivity index (χ1) is 27.3. The van der Waals surface area contributed by atoms with Crippen molar-refractivity contribution >= 4 is 54.1 Å². The van der Waals surface area contributed by atoms with Crippen LogP contribution in [0.3, 0.4) is 0 Å². The Morgan fingerprint density at radius 2 is 0.727 bits per heavy atom. The van der Waals surface area contributed by atoms with Crippen molar-refractivity contribution in [2.75, 3.05) is 0 Å². The van der Waals surface area contributed by atoms with Crippen molar-refractivity contribution in [3.05, 3.63) is 194 Å². The van der Waals surface area contributed by atoms with Crippen LogP contribution in [0.2, 0.25) is 0 Å². The summed E-state index contributed by atoms with van der Waals surface area (Å²) in [6.07, 6.45) is 0. The second-order valence-electron chi connectivity index (χ2n) is 13.9. The van der Waals surface area contributed by atoms with Gasteiger partial charge in [0.05, 0.1) is 16.7 Å². The van der Waals surface area contributed by atoms with Gasteiger partial charge in [0.15, 0.2) is 17.5 Å². The summed E-state index contributed by atoms with van der Waals surface area (Å²) < 4.78 is 2.44. The Balaban J connectivity index is 1.19. The Hall–Kier alpha value is -7.43. The van der Waals surface area contributed by atoms with Gasteiger partial charge in [0.25, 0.3) is 0 Å². The van der Waals surface area contributed by atoms with Gasteiger partial charge < -0.3 is 4.57 Å². The molecule has 9 aromatic carbocycles. The van der Waals surface area contributed by atoms with Crippen molar-refractivity contribution < 1.29 is 0 Å². The van der Waals surface area contributed by atoms with E-state index in [0.717, 1.165) is 44.5 Å². The predicted octanol–water partition coefficient (Wildman–Crippen LogP) is 13.1. The van der Waals surface area contributed by atoms with E-state index in [0.29, 0.717) is 17.5 Å². The molecule has 0 atom stereocenters. The van der Waals surface area contributed by atoms with E-state index >= 15 is 0 Å². The van der Waals surface area contributed by atoms with Gasteiger partial charge in [-0.25, -0.2) is 15.0 Å². The Morgan fingerprint density at radius 3 is 1.38 bits per heavy atom. The molecule has 4 nitrogen and oxygen atoms in total. The number of para-hydroxylation sites is 2. The molecule has 4 heteroatoms. The summed E-state index contributed by atoms with van der Waals surface area (Å²) in [5, 5.41) is 10.1. The highest BCUT2D eigenvalue weighted by atomic mass is 15.0. The third kappa shape index (κ3) is 4.96. The van der Waals surface area contributed by atoms with Crippen LogP contribution >= 0.6 is 0 Å². The summed E-state index contributed by atoms with van der Waals surface area (Å²) in [4.78, 5) is 15.2. The second kappa shape index (κ2) is 12.6. The molecule has 0 bridgehead atoms. The van der Waals surface area contributed by atoms with Crippen LogP contribution in [0, 0.1) is 0 Å². The molecule has 55 heavy (non-hydrogen) atoms. The Morgan fingerprint density at radius 1 is 0.273 bits per heavy atom. The van der Waals surface area contributed by atoms with Crippen LogP contribution in [0.25, 0.3) is 105 Å². The lowest BCUT2D eigenvalue weighted by molar-refractivity contribution is 1.07. The van der Waals surface area contributed by atoms with Gasteiger partial charge in [0.1, 0.15) is 0 Å². The van der Waals surface area contributed by atoms with E-state index in [2.05, 4.69) is 138 Å². The number of hydrogen-bond acceptors (Lipinski definition) is 3. The number of nitrogens with zero attached hydrogens (tertiary/aromatic N) is 4. The number of hydrogen-bond donors (Lipinski definition) is 0. The second-order valence-corrected chi connectivity index (χ2v) is 13.9. The molecule has 11 aromatic rings. The minimum Gasteiger partial charge on any atom is -0.309 e. The monoisotopic (exact) mass is 700 g/mol. The largest absolute Gasteiger partial charge is 0.309 e. The van der Waals surface area contributed by atoms with Crippen LogP contribution in [0.1, 0.15) is 0 Å². The predicted molar refractivity (Wildman–Crippen MR) is 228 cm³/mol. The zero-order chi connectivity index (χ0) is 36.3. The number of aromatic nitrogens is 4. The maximum Gasteiger partial charge on any atom is 0.164 e. The normalized spacial score (nSPS) is 11.6. The van der Waals surface area contributed by atoms with Crippen molar-refractivity contribution in [1.82, 2.24) is 19.5 Å². The molecule has 0 N–H and O–H groups in total. The molecular weight excluding hydrogens is 669 g/mol. The Kier molecular flexibility index (Phi) is 7.14. The van der Waals surface area contributed by atoms with E-state index in [4.69, 9.17) is 15.0 Å². The lowest BCUT2D eigenvalue weighted by atomic mass is 9.92. The molecule has 0 saturated heterocycles. The van der Waals surface area contributed by atoms with Crippen LogP contribution in [-0.2, 0) is 0 Å². The van der Waals surface area contributed by atoms with Crippen molar-refractivity contribution in [3.8, 4) is 51.0 Å². The fourth-order valence-corrected chi connectivity index (χ4v) is 8.45. The van der Waals surface area contributed by atoms with Crippen LogP contribution in [-0.4, -0.2) is 19.5 Å². The molecular formula is C51H32N4. The summed E-state index contributed by atoms with van der Waals surface area (Å²) >= 11 is 0. The maximum atomic E-state index is 5.14. The van der Waals surface area contributed by atoms with E-state index in [1.165, 1.54) is 43.1 Å². The zero-order valence-corrected chi connectivity index (χ0v) is 29.8. The quantitative estimate of drug-likeness (QED) is 0.168. The van der Waals surface area contributed by atoms with Crippen molar-refractivity contribution in [3.63, 3.8) is 0 Å². The number of rotatable bonds is 5. The van der Waals surface area contributed by atoms with Crippen LogP contribution in [0.15, 0.2) is 194 Å². The molecule has 0 radical (unpaired) electrons. The van der Waals surface area contributed by atoms with Gasteiger partial charge in [0.2, 0.25) is 0 Å². The molecule has 256 valence electrons. The molecule has 0 aliphatic rings. The third-order valence-electron chi connectivity index (χ3n) is 10.8. The first-order valence-corrected chi connectivity index (χ1v) is 18.6. The highest BCUT2D eigenvalue weighted by Gasteiger charge is 2.22. The smallest absolute Gasteiger partial charge is 0.164 e. The standard InChI is InChI=1S/C51H32N4/c1-3-17-33(18-4-1)49-52-50(34-19-5-2-6-20-34)54-51(53-49)42-27-12-10-24-38(42)39-25-13-15-29-44(39)55-45-30-16-14-28-43(45)48-46(55)32-31-41-37-23-8-7-21-35(37)36-22-9-11-26-40(36)47(41)48/h1-32H. The van der Waals surface area contributed by atoms with Gasteiger partial charge in [-0.3, -0.25) is 0 Å². The fourth-order valence-electron chi connectivity index (χ4n) is 8.45. The Bertz CT molecular complexity index is 3160. The van der Waals surface area contributed by atoms with E-state index in [1.807, 2.05) is 60.7 Å². The van der Waals surface area contributed by atoms with Gasteiger partial charge >= 0.3 is 0 Å². The Labute approximate surface area is 317 Å². The van der Waals surface area contributed by atoms with Gasteiger partial charge in [-0.05, 0) is 50.7 Å². The first-order valence-electron chi connectivity index (χ1n) is 18.6. The highest BCUT2D eigenvalue weighted by Crippen LogP contribution is 2.45. The minimum atomic E-state index is 0.629. The minimum absolute atomic E-state index is 0.629. The highest BCUT2D eigenvalue weighted by molar-refractivity contribution is 6.35. The molecule has 11 rings (SSSR count). The van der Waals surface area contributed by atoms with Gasteiger partial charge in [0, 0.05) is 38.4 Å². The van der Waals surface area contributed by atoms with E-state index < -0.39 is 0 Å². The number of fused-ring (bicyclic) bond motifs is 10. The van der Waals surface area contributed by atoms with E-state index in [-0.39, 0.29) is 0 Å². The summed E-state index contributed by atoms with van der Waals surface area (Å²) in [5.74, 6) is 1.91. The van der Waals surface area contributed by atoms with E-state index in [1.54, 1.807) is 0 Å². The molecule has 2 heterocycles. The number of benzene rings is 9. The van der Waals surface area contributed by atoms with Crippen molar-refractivity contribution in [1.29, 1.82) is 0 Å². The lowest BCUT2D eigenvalue weighted by Gasteiger charge is -2.17. The molecule has 0 saturated carbocycles. The average molecular weight is 701 g/mol. The van der Waals surface area contributed by atoms with E-state index in [9.17, 15) is 0 Å². The molecule has 0 amide bonds. The third-order valence-corrected chi connectivity index (χ3v) is 10.8. The molecule has 0 fully saturated rings. The van der Waals surface area contributed by atoms with Gasteiger partial charge in [-0.2, -0.15) is 0 Å². The molecule has 0 aliphatic carbocycles. The van der Waals surface area contributed by atoms with Crippen molar-refractivity contribution in [2.45, 2.75) is 0 Å². The molecule has 0 unspecified atom stereocenters. The van der Waals surface area contributed by atoms with Crippen molar-refractivity contribution in [2.24, 2.45) is 0 Å².